The first-order valence-electron chi connectivity index (χ1n) is 11.5. The molecule has 4 N–H and O–H groups in total. The van der Waals surface area contributed by atoms with Gasteiger partial charge in [0, 0.05) is 30.1 Å². The second-order valence-electron chi connectivity index (χ2n) is 8.37. The van der Waals surface area contributed by atoms with Crippen molar-refractivity contribution in [2.24, 2.45) is 11.0 Å². The fourth-order valence-corrected chi connectivity index (χ4v) is 4.12. The summed E-state index contributed by atoms with van der Waals surface area (Å²) in [6.45, 7) is 0.446. The number of nitrogens with zero attached hydrogens (tertiary/aromatic N) is 3. The van der Waals surface area contributed by atoms with Gasteiger partial charge in [0.1, 0.15) is 11.6 Å². The molecule has 2 aromatic carbocycles. The van der Waals surface area contributed by atoms with Gasteiger partial charge in [0.05, 0.1) is 29.6 Å². The Bertz CT molecular complexity index is 1480. The number of imidazole rings is 1. The van der Waals surface area contributed by atoms with Crippen LogP contribution in [0, 0.1) is 5.92 Å². The molecule has 10 heteroatoms. The molecule has 5 rings (SSSR count). The first kappa shape index (κ1) is 23.0. The number of rotatable bonds is 8. The number of aromatic nitrogens is 3. The molecule has 36 heavy (non-hydrogen) atoms. The van der Waals surface area contributed by atoms with Gasteiger partial charge < -0.3 is 20.1 Å². The van der Waals surface area contributed by atoms with E-state index in [4.69, 9.17) is 4.74 Å². The molecule has 0 radical (unpaired) electrons. The third kappa shape index (κ3) is 4.61. The Kier molecular flexibility index (Phi) is 6.31. The number of hydrogen-bond acceptors (Lipinski definition) is 7. The predicted molar refractivity (Wildman–Crippen MR) is 135 cm³/mol. The molecule has 10 nitrogen and oxygen atoms in total. The first-order chi connectivity index (χ1) is 17.5. The number of phenolic OH excluding ortho intramolecular Hbond substituents is 1. The van der Waals surface area contributed by atoms with Gasteiger partial charge in [-0.15, -0.1) is 0 Å². The highest BCUT2D eigenvalue weighted by Gasteiger charge is 2.20. The molecule has 3 heterocycles. The molecular weight excluding hydrogens is 460 g/mol. The van der Waals surface area contributed by atoms with Crippen molar-refractivity contribution in [3.63, 3.8) is 0 Å². The van der Waals surface area contributed by atoms with Crippen molar-refractivity contribution in [2.75, 3.05) is 13.7 Å². The highest BCUT2D eigenvalue weighted by molar-refractivity contribution is 5.98. The Labute approximate surface area is 206 Å². The van der Waals surface area contributed by atoms with Crippen molar-refractivity contribution < 1.29 is 19.4 Å². The molecule has 1 atom stereocenters. The molecule has 1 unspecified atom stereocenters. The van der Waals surface area contributed by atoms with Gasteiger partial charge in [0.2, 0.25) is 11.8 Å². The van der Waals surface area contributed by atoms with Crippen LogP contribution in [0.2, 0.25) is 0 Å². The van der Waals surface area contributed by atoms with Crippen LogP contribution in [0.15, 0.2) is 59.8 Å². The molecule has 0 saturated carbocycles. The van der Waals surface area contributed by atoms with Crippen LogP contribution >= 0.6 is 0 Å². The maximum absolute atomic E-state index is 12.6. The summed E-state index contributed by atoms with van der Waals surface area (Å²) in [7, 11) is 1.56. The molecule has 4 aromatic rings. The van der Waals surface area contributed by atoms with Gasteiger partial charge >= 0.3 is 0 Å². The topological polar surface area (TPSA) is 142 Å². The van der Waals surface area contributed by atoms with E-state index < -0.39 is 0 Å². The summed E-state index contributed by atoms with van der Waals surface area (Å²) in [5.41, 5.74) is 6.34. The first-order valence-corrected chi connectivity index (χ1v) is 11.5. The number of nitrogens with one attached hydrogen (secondary N) is 3. The number of carbonyl (C=O) groups excluding carboxylic acids is 2. The number of hydrogen-bond donors (Lipinski definition) is 4. The summed E-state index contributed by atoms with van der Waals surface area (Å²) in [6.07, 6.45) is 4.52. The van der Waals surface area contributed by atoms with E-state index in [0.717, 1.165) is 11.1 Å². The number of amides is 2. The fraction of sp³-hybridized carbons (Fsp3) is 0.192. The number of aromatic amines is 1. The van der Waals surface area contributed by atoms with Gasteiger partial charge in [-0.3, -0.25) is 9.59 Å². The van der Waals surface area contributed by atoms with Gasteiger partial charge in [-0.1, -0.05) is 6.07 Å². The van der Waals surface area contributed by atoms with Crippen molar-refractivity contribution >= 4 is 29.1 Å². The number of phenols is 1. The van der Waals surface area contributed by atoms with Crippen molar-refractivity contribution in [3.8, 4) is 34.1 Å². The zero-order valence-corrected chi connectivity index (χ0v) is 19.5. The minimum absolute atomic E-state index is 0.0691. The summed E-state index contributed by atoms with van der Waals surface area (Å²) in [6, 6.07) is 14.1. The number of benzene rings is 2. The third-order valence-corrected chi connectivity index (χ3v) is 6.01. The summed E-state index contributed by atoms with van der Waals surface area (Å²) in [4.78, 5) is 36.2. The van der Waals surface area contributed by atoms with Crippen LogP contribution in [0.1, 0.15) is 23.2 Å². The van der Waals surface area contributed by atoms with E-state index in [9.17, 15) is 14.7 Å². The standard InChI is InChI=1S/C26H24N6O4/c1-36-26-18(5-3-11-28-26)15-7-9-22(33)19(12-15)23-30-20-8-6-16(13-21(20)31-23)24(34)27-10-2-4-17-14-29-32-25(17)35/h3,5-9,11-14,17,33H,2,4,10H2,1H3,(H,27,34)(H,30,31)(H,32,35). The molecule has 0 bridgehead atoms. The monoisotopic (exact) mass is 484 g/mol. The third-order valence-electron chi connectivity index (χ3n) is 6.01. The predicted octanol–water partition coefficient (Wildman–Crippen LogP) is 3.25. The number of methoxy groups -OCH3 is 1. The van der Waals surface area contributed by atoms with Crippen LogP contribution in [-0.4, -0.2) is 51.7 Å². The van der Waals surface area contributed by atoms with Crippen LogP contribution in [0.5, 0.6) is 11.6 Å². The van der Waals surface area contributed by atoms with E-state index in [2.05, 4.69) is 30.8 Å². The lowest BCUT2D eigenvalue weighted by molar-refractivity contribution is -0.122. The molecule has 2 aromatic heterocycles. The van der Waals surface area contributed by atoms with Gasteiger partial charge in [0.15, 0.2) is 0 Å². The molecule has 0 aliphatic carbocycles. The minimum atomic E-state index is -0.240. The largest absolute Gasteiger partial charge is 0.507 e. The molecule has 1 aliphatic heterocycles. The lowest BCUT2D eigenvalue weighted by atomic mass is 10.0. The lowest BCUT2D eigenvalue weighted by Crippen LogP contribution is -2.26. The molecular formula is C26H24N6O4. The Morgan fingerprint density at radius 2 is 2.06 bits per heavy atom. The van der Waals surface area contributed by atoms with E-state index in [1.165, 1.54) is 0 Å². The van der Waals surface area contributed by atoms with E-state index in [1.54, 1.807) is 49.9 Å². The molecule has 0 fully saturated rings. The Hall–Kier alpha value is -4.73. The van der Waals surface area contributed by atoms with E-state index in [-0.39, 0.29) is 23.5 Å². The summed E-state index contributed by atoms with van der Waals surface area (Å²) >= 11 is 0. The van der Waals surface area contributed by atoms with Crippen molar-refractivity contribution in [1.82, 2.24) is 25.7 Å². The number of pyridine rings is 1. The lowest BCUT2D eigenvalue weighted by Gasteiger charge is -2.09. The van der Waals surface area contributed by atoms with Crippen LogP contribution in [0.25, 0.3) is 33.5 Å². The molecule has 0 spiro atoms. The number of ether oxygens (including phenoxy) is 1. The zero-order valence-electron chi connectivity index (χ0n) is 19.5. The highest BCUT2D eigenvalue weighted by atomic mass is 16.5. The SMILES string of the molecule is COc1ncccc1-c1ccc(O)c(-c2nc3ccc(C(=O)NCCCC4C=NNC4=O)cc3[nH]2)c1. The van der Waals surface area contributed by atoms with Crippen LogP contribution in [0.4, 0.5) is 0 Å². The average molecular weight is 485 g/mol. The number of H-pyrrole nitrogens is 1. The average Bonchev–Trinajstić information content (AvgIpc) is 3.52. The smallest absolute Gasteiger partial charge is 0.251 e. The number of aromatic hydroxyl groups is 1. The zero-order chi connectivity index (χ0) is 25.1. The molecule has 182 valence electrons. The van der Waals surface area contributed by atoms with Crippen LogP contribution in [-0.2, 0) is 4.79 Å². The van der Waals surface area contributed by atoms with Gasteiger partial charge in [0.25, 0.3) is 5.91 Å². The second kappa shape index (κ2) is 9.87. The van der Waals surface area contributed by atoms with Crippen molar-refractivity contribution in [2.45, 2.75) is 12.8 Å². The quantitative estimate of drug-likeness (QED) is 0.283. The maximum atomic E-state index is 12.6. The Morgan fingerprint density at radius 3 is 2.86 bits per heavy atom. The normalized spacial score (nSPS) is 14.7. The van der Waals surface area contributed by atoms with E-state index in [0.29, 0.717) is 53.3 Å². The van der Waals surface area contributed by atoms with Crippen molar-refractivity contribution in [1.29, 1.82) is 0 Å². The molecule has 1 aliphatic rings. The Balaban J connectivity index is 1.33. The highest BCUT2D eigenvalue weighted by Crippen LogP contribution is 2.35. The summed E-state index contributed by atoms with van der Waals surface area (Å²) < 4.78 is 5.37. The van der Waals surface area contributed by atoms with Gasteiger partial charge in [-0.05, 0) is 60.9 Å². The number of fused-ring (bicyclic) bond motifs is 1. The van der Waals surface area contributed by atoms with E-state index >= 15 is 0 Å². The second-order valence-corrected chi connectivity index (χ2v) is 8.37. The van der Waals surface area contributed by atoms with Crippen molar-refractivity contribution in [3.05, 3.63) is 60.3 Å². The van der Waals surface area contributed by atoms with Crippen LogP contribution < -0.4 is 15.5 Å². The number of hydrazone groups is 1. The number of carbonyl (C=O) groups is 2. The van der Waals surface area contributed by atoms with Crippen LogP contribution in [0.3, 0.4) is 0 Å². The summed E-state index contributed by atoms with van der Waals surface area (Å²) in [5.74, 6) is 0.454. The molecule has 2 amide bonds. The summed E-state index contributed by atoms with van der Waals surface area (Å²) in [5, 5.41) is 17.2. The fourth-order valence-electron chi connectivity index (χ4n) is 4.12. The van der Waals surface area contributed by atoms with Gasteiger partial charge in [-0.2, -0.15) is 5.10 Å². The van der Waals surface area contributed by atoms with E-state index in [1.807, 2.05) is 18.2 Å². The Morgan fingerprint density at radius 1 is 1.17 bits per heavy atom. The molecule has 0 saturated heterocycles. The van der Waals surface area contributed by atoms with Gasteiger partial charge in [-0.25, -0.2) is 15.4 Å². The maximum Gasteiger partial charge on any atom is 0.251 e. The minimum Gasteiger partial charge on any atom is -0.507 e.